The summed E-state index contributed by atoms with van der Waals surface area (Å²) >= 11 is 1.47. The molecule has 9 heteroatoms. The number of aliphatic hydroxyl groups is 1. The molecule has 3 aromatic rings. The van der Waals surface area contributed by atoms with Gasteiger partial charge in [0, 0.05) is 16.1 Å². The number of benzene rings is 1. The zero-order valence-electron chi connectivity index (χ0n) is 12.5. The fourth-order valence-corrected chi connectivity index (χ4v) is 3.27. The SMILES string of the molecule is O=C(Cn1ccc([N+](=O)[O-])n1)NCC(O)c1cc2ccccc2s1. The Morgan fingerprint density at radius 2 is 2.21 bits per heavy atom. The Kier molecular flexibility index (Phi) is 4.54. The molecular formula is C15H14N4O4S. The van der Waals surface area contributed by atoms with Gasteiger partial charge >= 0.3 is 5.82 Å². The van der Waals surface area contributed by atoms with Crippen LogP contribution < -0.4 is 5.32 Å². The van der Waals surface area contributed by atoms with Crippen molar-refractivity contribution in [3.05, 3.63) is 57.6 Å². The van der Waals surface area contributed by atoms with E-state index in [1.54, 1.807) is 0 Å². The van der Waals surface area contributed by atoms with Crippen LogP contribution in [0.2, 0.25) is 0 Å². The van der Waals surface area contributed by atoms with Crippen molar-refractivity contribution in [2.45, 2.75) is 12.6 Å². The summed E-state index contributed by atoms with van der Waals surface area (Å²) in [5.41, 5.74) is 0. The van der Waals surface area contributed by atoms with E-state index in [1.165, 1.54) is 28.3 Å². The molecule has 2 heterocycles. The van der Waals surface area contributed by atoms with Crippen molar-refractivity contribution >= 4 is 33.1 Å². The molecule has 124 valence electrons. The van der Waals surface area contributed by atoms with E-state index in [-0.39, 0.29) is 24.8 Å². The standard InChI is InChI=1S/C15H14N4O4S/c20-11(13-7-10-3-1-2-4-12(10)24-13)8-16-15(21)9-18-6-5-14(17-18)19(22)23/h1-7,11,20H,8-9H2,(H,16,21). The Balaban J connectivity index is 1.55. The highest BCUT2D eigenvalue weighted by Crippen LogP contribution is 2.29. The van der Waals surface area contributed by atoms with Gasteiger partial charge in [-0.15, -0.1) is 11.3 Å². The Labute approximate surface area is 140 Å². The van der Waals surface area contributed by atoms with E-state index in [1.807, 2.05) is 30.3 Å². The first-order valence-corrected chi connectivity index (χ1v) is 7.95. The molecular weight excluding hydrogens is 332 g/mol. The lowest BCUT2D eigenvalue weighted by Gasteiger charge is -2.09. The van der Waals surface area contributed by atoms with E-state index in [4.69, 9.17) is 0 Å². The van der Waals surface area contributed by atoms with Crippen LogP contribution in [0.15, 0.2) is 42.6 Å². The Bertz CT molecular complexity index is 855. The molecule has 1 atom stereocenters. The lowest BCUT2D eigenvalue weighted by Crippen LogP contribution is -2.31. The van der Waals surface area contributed by atoms with Crippen molar-refractivity contribution in [1.82, 2.24) is 15.1 Å². The fourth-order valence-electron chi connectivity index (χ4n) is 2.22. The third-order valence-electron chi connectivity index (χ3n) is 3.38. The van der Waals surface area contributed by atoms with Crippen LogP contribution in [-0.2, 0) is 11.3 Å². The minimum atomic E-state index is -0.807. The van der Waals surface area contributed by atoms with Gasteiger partial charge < -0.3 is 20.5 Å². The van der Waals surface area contributed by atoms with Crippen molar-refractivity contribution in [2.75, 3.05) is 6.54 Å². The highest BCUT2D eigenvalue weighted by molar-refractivity contribution is 7.19. The van der Waals surface area contributed by atoms with Crippen LogP contribution in [0.3, 0.4) is 0 Å². The number of aromatic nitrogens is 2. The molecule has 0 bridgehead atoms. The highest BCUT2D eigenvalue weighted by Gasteiger charge is 2.15. The maximum absolute atomic E-state index is 11.8. The third-order valence-corrected chi connectivity index (χ3v) is 4.60. The molecule has 0 aliphatic heterocycles. The van der Waals surface area contributed by atoms with Gasteiger partial charge in [0.05, 0.1) is 17.4 Å². The topological polar surface area (TPSA) is 110 Å². The quantitative estimate of drug-likeness (QED) is 0.523. The van der Waals surface area contributed by atoms with Gasteiger partial charge in [-0.05, 0) is 22.4 Å². The fraction of sp³-hybridized carbons (Fsp3) is 0.200. The van der Waals surface area contributed by atoms with Gasteiger partial charge in [-0.1, -0.05) is 18.2 Å². The molecule has 3 rings (SSSR count). The number of aliphatic hydroxyl groups excluding tert-OH is 1. The summed E-state index contributed by atoms with van der Waals surface area (Å²) in [6.45, 7) is -0.0814. The lowest BCUT2D eigenvalue weighted by atomic mass is 10.2. The molecule has 2 aromatic heterocycles. The maximum Gasteiger partial charge on any atom is 0.389 e. The average molecular weight is 346 g/mol. The van der Waals surface area contributed by atoms with Crippen LogP contribution in [0.4, 0.5) is 5.82 Å². The number of fused-ring (bicyclic) bond motifs is 1. The monoisotopic (exact) mass is 346 g/mol. The van der Waals surface area contributed by atoms with E-state index in [2.05, 4.69) is 10.4 Å². The Hall–Kier alpha value is -2.78. The number of nitrogens with zero attached hydrogens (tertiary/aromatic N) is 3. The van der Waals surface area contributed by atoms with Crippen molar-refractivity contribution in [3.63, 3.8) is 0 Å². The van der Waals surface area contributed by atoms with Gasteiger partial charge in [0.25, 0.3) is 0 Å². The normalized spacial score (nSPS) is 12.2. The first-order chi connectivity index (χ1) is 11.5. The van der Waals surface area contributed by atoms with Crippen LogP contribution in [0.1, 0.15) is 11.0 Å². The van der Waals surface area contributed by atoms with Crippen molar-refractivity contribution < 1.29 is 14.8 Å². The van der Waals surface area contributed by atoms with Crippen molar-refractivity contribution in [3.8, 4) is 0 Å². The maximum atomic E-state index is 11.8. The second-order valence-corrected chi connectivity index (χ2v) is 6.25. The largest absolute Gasteiger partial charge is 0.389 e. The zero-order valence-corrected chi connectivity index (χ0v) is 13.3. The van der Waals surface area contributed by atoms with Crippen molar-refractivity contribution in [2.24, 2.45) is 0 Å². The number of nitrogens with one attached hydrogen (secondary N) is 1. The predicted octanol–water partition coefficient (Wildman–Crippen LogP) is 1.86. The Morgan fingerprint density at radius 3 is 2.92 bits per heavy atom. The molecule has 2 N–H and O–H groups in total. The van der Waals surface area contributed by atoms with Crippen LogP contribution in [-0.4, -0.2) is 32.3 Å². The molecule has 0 saturated heterocycles. The summed E-state index contributed by atoms with van der Waals surface area (Å²) in [6.07, 6.45) is 0.554. The number of nitro groups is 1. The van der Waals surface area contributed by atoms with Crippen LogP contribution in [0, 0.1) is 10.1 Å². The van der Waals surface area contributed by atoms with Gasteiger partial charge in [0.2, 0.25) is 5.91 Å². The number of carbonyl (C=O) groups is 1. The summed E-state index contributed by atoms with van der Waals surface area (Å²) in [5.74, 6) is -0.693. The highest BCUT2D eigenvalue weighted by atomic mass is 32.1. The molecule has 0 radical (unpaired) electrons. The van der Waals surface area contributed by atoms with E-state index < -0.39 is 11.0 Å². The van der Waals surface area contributed by atoms with Crippen LogP contribution in [0.25, 0.3) is 10.1 Å². The molecule has 0 aliphatic rings. The number of hydrogen-bond acceptors (Lipinski definition) is 6. The number of rotatable bonds is 6. The van der Waals surface area contributed by atoms with Crippen LogP contribution in [0.5, 0.6) is 0 Å². The number of hydrogen-bond donors (Lipinski definition) is 2. The van der Waals surface area contributed by atoms with Gasteiger partial charge in [-0.3, -0.25) is 4.79 Å². The first kappa shape index (κ1) is 16.1. The zero-order chi connectivity index (χ0) is 17.1. The van der Waals surface area contributed by atoms with Crippen molar-refractivity contribution in [1.29, 1.82) is 0 Å². The molecule has 0 spiro atoms. The molecule has 24 heavy (non-hydrogen) atoms. The minimum Gasteiger partial charge on any atom is -0.386 e. The number of thiophene rings is 1. The van der Waals surface area contributed by atoms with E-state index >= 15 is 0 Å². The minimum absolute atomic E-state index is 0.0645. The van der Waals surface area contributed by atoms with Gasteiger partial charge in [0.15, 0.2) is 0 Å². The van der Waals surface area contributed by atoms with E-state index in [9.17, 15) is 20.0 Å². The predicted molar refractivity (Wildman–Crippen MR) is 88.7 cm³/mol. The third kappa shape index (κ3) is 3.58. The van der Waals surface area contributed by atoms with Gasteiger partial charge in [0.1, 0.15) is 12.6 Å². The second-order valence-electron chi connectivity index (χ2n) is 5.14. The summed E-state index contributed by atoms with van der Waals surface area (Å²) < 4.78 is 2.25. The summed E-state index contributed by atoms with van der Waals surface area (Å²) in [4.78, 5) is 22.5. The first-order valence-electron chi connectivity index (χ1n) is 7.14. The molecule has 0 fully saturated rings. The van der Waals surface area contributed by atoms with E-state index in [0.29, 0.717) is 0 Å². The average Bonchev–Trinajstić information content (AvgIpc) is 3.19. The summed E-state index contributed by atoms with van der Waals surface area (Å²) in [7, 11) is 0. The van der Waals surface area contributed by atoms with Gasteiger partial charge in [-0.25, -0.2) is 0 Å². The van der Waals surface area contributed by atoms with Gasteiger partial charge in [-0.2, -0.15) is 4.68 Å². The van der Waals surface area contributed by atoms with E-state index in [0.717, 1.165) is 15.0 Å². The molecule has 1 unspecified atom stereocenters. The molecule has 0 aliphatic carbocycles. The van der Waals surface area contributed by atoms with Crippen LogP contribution >= 0.6 is 11.3 Å². The number of amides is 1. The summed E-state index contributed by atoms with van der Waals surface area (Å²) in [5, 5.41) is 28.0. The molecule has 8 nitrogen and oxygen atoms in total. The number of carbonyl (C=O) groups excluding carboxylic acids is 1. The molecule has 1 aromatic carbocycles. The summed E-state index contributed by atoms with van der Waals surface area (Å²) in [6, 6.07) is 10.9. The smallest absolute Gasteiger partial charge is 0.386 e. The Morgan fingerprint density at radius 1 is 1.42 bits per heavy atom. The lowest BCUT2D eigenvalue weighted by molar-refractivity contribution is -0.389. The second kappa shape index (κ2) is 6.77. The molecule has 1 amide bonds. The molecule has 0 saturated carbocycles.